The van der Waals surface area contributed by atoms with Gasteiger partial charge in [0.1, 0.15) is 0 Å². The fourth-order valence-corrected chi connectivity index (χ4v) is 3.34. The van der Waals surface area contributed by atoms with Crippen molar-refractivity contribution >= 4 is 0 Å². The van der Waals surface area contributed by atoms with E-state index in [2.05, 4.69) is 49.2 Å². The molecular formula is C20H45N4. The highest BCUT2D eigenvalue weighted by molar-refractivity contribution is 4.72. The molecule has 24 heavy (non-hydrogen) atoms. The summed E-state index contributed by atoms with van der Waals surface area (Å²) in [4.78, 5) is 0. The van der Waals surface area contributed by atoms with Crippen LogP contribution in [-0.2, 0) is 0 Å². The van der Waals surface area contributed by atoms with Gasteiger partial charge in [-0.3, -0.25) is 0 Å². The highest BCUT2D eigenvalue weighted by Crippen LogP contribution is 2.14. The standard InChI is InChI=1S/C20H45N4/c1-7-18(22-4)12-9-14-20(24-6)16-10-15-19(23-5)13-8-11-17(2)21-3/h17-24H,1,7-16H2,2-6H3. The van der Waals surface area contributed by atoms with Crippen molar-refractivity contribution < 1.29 is 0 Å². The number of hydrogen-bond donors (Lipinski definition) is 4. The van der Waals surface area contributed by atoms with Gasteiger partial charge in [-0.25, -0.2) is 0 Å². The Balaban J connectivity index is 3.84. The normalized spacial score (nSPS) is 16.8. The summed E-state index contributed by atoms with van der Waals surface area (Å²) in [6, 6.07) is 2.55. The molecule has 0 aromatic heterocycles. The zero-order valence-corrected chi connectivity index (χ0v) is 17.1. The molecule has 0 rings (SSSR count). The molecule has 4 unspecified atom stereocenters. The van der Waals surface area contributed by atoms with Crippen molar-refractivity contribution in [3.8, 4) is 0 Å². The largest absolute Gasteiger partial charge is 0.317 e. The molecule has 0 saturated heterocycles. The zero-order chi connectivity index (χ0) is 18.2. The molecule has 4 atom stereocenters. The summed E-state index contributed by atoms with van der Waals surface area (Å²) in [6.07, 6.45) is 12.5. The minimum atomic E-state index is 0.580. The maximum atomic E-state index is 4.00. The molecule has 1 radical (unpaired) electrons. The molecule has 0 aliphatic carbocycles. The van der Waals surface area contributed by atoms with Crippen molar-refractivity contribution in [2.45, 2.75) is 95.3 Å². The van der Waals surface area contributed by atoms with Crippen LogP contribution in [0, 0.1) is 6.92 Å². The molecule has 0 aliphatic heterocycles. The third kappa shape index (κ3) is 12.2. The minimum absolute atomic E-state index is 0.580. The van der Waals surface area contributed by atoms with Gasteiger partial charge in [0.15, 0.2) is 0 Å². The minimum Gasteiger partial charge on any atom is -0.317 e. The highest BCUT2D eigenvalue weighted by atomic mass is 14.9. The topological polar surface area (TPSA) is 48.1 Å². The molecule has 0 spiro atoms. The number of nitrogens with one attached hydrogen (secondary N) is 4. The van der Waals surface area contributed by atoms with Gasteiger partial charge in [-0.1, -0.05) is 26.2 Å². The fourth-order valence-electron chi connectivity index (χ4n) is 3.34. The summed E-state index contributed by atoms with van der Waals surface area (Å²) in [6.45, 7) is 6.27. The summed E-state index contributed by atoms with van der Waals surface area (Å²) in [5.41, 5.74) is 0. The van der Waals surface area contributed by atoms with Gasteiger partial charge in [0.25, 0.3) is 0 Å². The van der Waals surface area contributed by atoms with Crippen LogP contribution in [0.2, 0.25) is 0 Å². The Kier molecular flexibility index (Phi) is 16.2. The Morgan fingerprint density at radius 1 is 0.583 bits per heavy atom. The van der Waals surface area contributed by atoms with E-state index in [1.165, 1.54) is 57.8 Å². The number of rotatable bonds is 17. The summed E-state index contributed by atoms with van der Waals surface area (Å²) in [5, 5.41) is 13.7. The average molecular weight is 342 g/mol. The second-order valence-corrected chi connectivity index (χ2v) is 7.23. The molecule has 0 aromatic carbocycles. The van der Waals surface area contributed by atoms with Gasteiger partial charge in [-0.05, 0) is 80.1 Å². The lowest BCUT2D eigenvalue weighted by atomic mass is 9.97. The van der Waals surface area contributed by atoms with Gasteiger partial charge in [-0.15, -0.1) is 0 Å². The fraction of sp³-hybridized carbons (Fsp3) is 0.950. The van der Waals surface area contributed by atoms with Crippen LogP contribution in [0.5, 0.6) is 0 Å². The molecule has 0 fully saturated rings. The second-order valence-electron chi connectivity index (χ2n) is 7.23. The van der Waals surface area contributed by atoms with Crippen LogP contribution >= 0.6 is 0 Å². The molecule has 0 amide bonds. The summed E-state index contributed by atoms with van der Waals surface area (Å²) >= 11 is 0. The summed E-state index contributed by atoms with van der Waals surface area (Å²) < 4.78 is 0. The third-order valence-electron chi connectivity index (χ3n) is 5.47. The second kappa shape index (κ2) is 16.3. The van der Waals surface area contributed by atoms with Crippen molar-refractivity contribution in [3.63, 3.8) is 0 Å². The van der Waals surface area contributed by atoms with E-state index in [-0.39, 0.29) is 0 Å². The summed E-state index contributed by atoms with van der Waals surface area (Å²) in [5.74, 6) is 0. The monoisotopic (exact) mass is 341 g/mol. The molecule has 0 heterocycles. The van der Waals surface area contributed by atoms with Gasteiger partial charge in [0.2, 0.25) is 0 Å². The molecule has 0 aromatic rings. The lowest BCUT2D eigenvalue weighted by molar-refractivity contribution is 0.390. The maximum absolute atomic E-state index is 4.00. The molecule has 0 aliphatic rings. The van der Waals surface area contributed by atoms with Crippen molar-refractivity contribution in [2.75, 3.05) is 28.2 Å². The lowest BCUT2D eigenvalue weighted by Crippen LogP contribution is -2.29. The van der Waals surface area contributed by atoms with E-state index in [1.807, 2.05) is 14.1 Å². The van der Waals surface area contributed by atoms with Crippen LogP contribution in [-0.4, -0.2) is 52.4 Å². The molecule has 0 bridgehead atoms. The van der Waals surface area contributed by atoms with E-state index in [1.54, 1.807) is 0 Å². The van der Waals surface area contributed by atoms with Crippen LogP contribution in [0.25, 0.3) is 0 Å². The molecular weight excluding hydrogens is 296 g/mol. The van der Waals surface area contributed by atoms with Crippen LogP contribution < -0.4 is 21.3 Å². The molecule has 145 valence electrons. The molecule has 0 saturated carbocycles. The van der Waals surface area contributed by atoms with Crippen molar-refractivity contribution in [1.29, 1.82) is 0 Å². The van der Waals surface area contributed by atoms with E-state index in [0.717, 1.165) is 6.42 Å². The van der Waals surface area contributed by atoms with Crippen molar-refractivity contribution in [2.24, 2.45) is 0 Å². The average Bonchev–Trinajstić information content (AvgIpc) is 2.61. The lowest BCUT2D eigenvalue weighted by Gasteiger charge is -2.21. The highest BCUT2D eigenvalue weighted by Gasteiger charge is 2.11. The van der Waals surface area contributed by atoms with Crippen LogP contribution in [0.3, 0.4) is 0 Å². The van der Waals surface area contributed by atoms with Crippen LogP contribution in [0.4, 0.5) is 0 Å². The van der Waals surface area contributed by atoms with E-state index in [4.69, 9.17) is 0 Å². The zero-order valence-electron chi connectivity index (χ0n) is 17.1. The first-order chi connectivity index (χ1) is 11.6. The van der Waals surface area contributed by atoms with E-state index < -0.39 is 0 Å². The predicted octanol–water partition coefficient (Wildman–Crippen LogP) is 3.09. The first kappa shape index (κ1) is 23.8. The van der Waals surface area contributed by atoms with Gasteiger partial charge in [-0.2, -0.15) is 0 Å². The van der Waals surface area contributed by atoms with Crippen molar-refractivity contribution in [1.82, 2.24) is 21.3 Å². The summed E-state index contributed by atoms with van der Waals surface area (Å²) in [7, 11) is 8.31. The molecule has 4 heteroatoms. The van der Waals surface area contributed by atoms with Crippen molar-refractivity contribution in [3.05, 3.63) is 6.92 Å². The predicted molar refractivity (Wildman–Crippen MR) is 109 cm³/mol. The van der Waals surface area contributed by atoms with Gasteiger partial charge in [0, 0.05) is 24.2 Å². The Morgan fingerprint density at radius 3 is 1.29 bits per heavy atom. The van der Waals surface area contributed by atoms with Gasteiger partial charge >= 0.3 is 0 Å². The Hall–Kier alpha value is -0.160. The number of hydrogen-bond acceptors (Lipinski definition) is 4. The van der Waals surface area contributed by atoms with Crippen LogP contribution in [0.15, 0.2) is 0 Å². The first-order valence-electron chi connectivity index (χ1n) is 10.1. The smallest absolute Gasteiger partial charge is 0.00640 e. The first-order valence-corrected chi connectivity index (χ1v) is 10.1. The SMILES string of the molecule is [CH2]CC(CCCC(CCCC(CCCC(C)NC)NC)NC)NC. The molecule has 4 nitrogen and oxygen atoms in total. The Bertz CT molecular complexity index is 256. The van der Waals surface area contributed by atoms with E-state index >= 15 is 0 Å². The quantitative estimate of drug-likeness (QED) is 0.328. The molecule has 4 N–H and O–H groups in total. The van der Waals surface area contributed by atoms with Gasteiger partial charge < -0.3 is 21.3 Å². The third-order valence-corrected chi connectivity index (χ3v) is 5.47. The Labute approximate surface area is 152 Å². The van der Waals surface area contributed by atoms with E-state index in [9.17, 15) is 0 Å². The van der Waals surface area contributed by atoms with Crippen LogP contribution in [0.1, 0.15) is 71.1 Å². The van der Waals surface area contributed by atoms with E-state index in [0.29, 0.717) is 24.2 Å². The Morgan fingerprint density at radius 2 is 0.958 bits per heavy atom. The van der Waals surface area contributed by atoms with Gasteiger partial charge in [0.05, 0.1) is 0 Å². The maximum Gasteiger partial charge on any atom is 0.00640 e.